The number of carbonyl (C=O) groups is 2. The summed E-state index contributed by atoms with van der Waals surface area (Å²) in [6.45, 7) is 8.07. The van der Waals surface area contributed by atoms with Gasteiger partial charge in [0.15, 0.2) is 5.69 Å². The van der Waals surface area contributed by atoms with E-state index in [9.17, 15) is 9.59 Å². The maximum atomic E-state index is 12.6. The monoisotopic (exact) mass is 407 g/mol. The lowest BCUT2D eigenvalue weighted by atomic mass is 10.1. The van der Waals surface area contributed by atoms with E-state index < -0.39 is 0 Å². The molecule has 8 nitrogen and oxygen atoms in total. The van der Waals surface area contributed by atoms with Crippen molar-refractivity contribution in [2.75, 3.05) is 17.2 Å². The number of anilines is 2. The molecule has 0 atom stereocenters. The maximum absolute atomic E-state index is 12.6. The summed E-state index contributed by atoms with van der Waals surface area (Å²) >= 11 is 0. The molecule has 2 N–H and O–H groups in total. The predicted molar refractivity (Wildman–Crippen MR) is 115 cm³/mol. The van der Waals surface area contributed by atoms with Gasteiger partial charge in [0, 0.05) is 11.4 Å². The number of nitrogens with zero attached hydrogens (tertiary/aromatic N) is 3. The van der Waals surface area contributed by atoms with E-state index in [0.717, 1.165) is 22.6 Å². The zero-order chi connectivity index (χ0) is 21.7. The summed E-state index contributed by atoms with van der Waals surface area (Å²) in [4.78, 5) is 25.0. The number of nitrogens with one attached hydrogen (secondary N) is 2. The summed E-state index contributed by atoms with van der Waals surface area (Å²) in [7, 11) is 0. The van der Waals surface area contributed by atoms with Crippen molar-refractivity contribution in [3.63, 3.8) is 0 Å². The van der Waals surface area contributed by atoms with E-state index >= 15 is 0 Å². The van der Waals surface area contributed by atoms with Crippen LogP contribution >= 0.6 is 0 Å². The van der Waals surface area contributed by atoms with Crippen molar-refractivity contribution >= 4 is 23.2 Å². The average Bonchev–Trinajstić information content (AvgIpc) is 3.07. The fraction of sp³-hybridized carbons (Fsp3) is 0.273. The van der Waals surface area contributed by atoms with Crippen LogP contribution in [0.2, 0.25) is 0 Å². The molecule has 2 aromatic carbocycles. The third kappa shape index (κ3) is 4.83. The lowest BCUT2D eigenvalue weighted by Crippen LogP contribution is -2.21. The maximum Gasteiger partial charge on any atom is 0.278 e. The highest BCUT2D eigenvalue weighted by molar-refractivity contribution is 6.04. The van der Waals surface area contributed by atoms with Crippen molar-refractivity contribution in [1.82, 2.24) is 15.0 Å². The van der Waals surface area contributed by atoms with E-state index in [0.29, 0.717) is 18.0 Å². The van der Waals surface area contributed by atoms with E-state index in [1.165, 1.54) is 4.68 Å². The van der Waals surface area contributed by atoms with Crippen LogP contribution in [0.4, 0.5) is 11.4 Å². The first-order valence-corrected chi connectivity index (χ1v) is 9.69. The van der Waals surface area contributed by atoms with Crippen molar-refractivity contribution in [2.45, 2.75) is 34.2 Å². The lowest BCUT2D eigenvalue weighted by Gasteiger charge is -2.10. The predicted octanol–water partition coefficient (Wildman–Crippen LogP) is 3.49. The molecule has 0 aliphatic heterocycles. The molecule has 30 heavy (non-hydrogen) atoms. The topological polar surface area (TPSA) is 98.1 Å². The summed E-state index contributed by atoms with van der Waals surface area (Å²) < 4.78 is 6.79. The Hall–Kier alpha value is -3.68. The minimum absolute atomic E-state index is 0.0528. The Morgan fingerprint density at radius 1 is 1.03 bits per heavy atom. The molecule has 0 bridgehead atoms. The molecular formula is C22H25N5O3. The Morgan fingerprint density at radius 2 is 1.77 bits per heavy atom. The van der Waals surface area contributed by atoms with Gasteiger partial charge >= 0.3 is 0 Å². The number of aromatic nitrogens is 3. The van der Waals surface area contributed by atoms with Crippen molar-refractivity contribution in [3.8, 4) is 5.75 Å². The Bertz CT molecular complexity index is 1060. The highest BCUT2D eigenvalue weighted by Crippen LogP contribution is 2.19. The van der Waals surface area contributed by atoms with Crippen molar-refractivity contribution < 1.29 is 14.3 Å². The molecule has 0 saturated carbocycles. The number of hydrogen-bond donors (Lipinski definition) is 2. The van der Waals surface area contributed by atoms with Crippen molar-refractivity contribution in [3.05, 3.63) is 65.0 Å². The zero-order valence-electron chi connectivity index (χ0n) is 17.5. The number of ether oxygens (including phenoxy) is 1. The van der Waals surface area contributed by atoms with Gasteiger partial charge in [0.05, 0.1) is 12.3 Å². The van der Waals surface area contributed by atoms with Gasteiger partial charge in [-0.1, -0.05) is 17.3 Å². The molecule has 0 saturated heterocycles. The SMILES string of the molecule is CCOc1ccc(NC(=O)Cn2nnc(C(=O)Nc3cccc(C)c3C)c2C)cc1. The number of amides is 2. The second-order valence-corrected chi connectivity index (χ2v) is 6.89. The number of carbonyl (C=O) groups excluding carboxylic acids is 2. The number of aryl methyl sites for hydroxylation is 1. The zero-order valence-corrected chi connectivity index (χ0v) is 17.5. The van der Waals surface area contributed by atoms with Crippen LogP contribution in [0, 0.1) is 20.8 Å². The molecule has 3 rings (SSSR count). The van der Waals surface area contributed by atoms with E-state index in [4.69, 9.17) is 4.74 Å². The van der Waals surface area contributed by atoms with E-state index in [1.54, 1.807) is 31.2 Å². The second kappa shape index (κ2) is 9.21. The molecule has 0 radical (unpaired) electrons. The standard InChI is InChI=1S/C22H25N5O3/c1-5-30-18-11-9-17(10-12-18)23-20(28)13-27-16(4)21(25-26-27)22(29)24-19-8-6-7-14(2)15(19)3/h6-12H,5,13H2,1-4H3,(H,23,28)(H,24,29). The van der Waals surface area contributed by atoms with E-state index in [-0.39, 0.29) is 24.1 Å². The van der Waals surface area contributed by atoms with E-state index in [2.05, 4.69) is 20.9 Å². The van der Waals surface area contributed by atoms with Crippen LogP contribution in [0.3, 0.4) is 0 Å². The number of hydrogen-bond acceptors (Lipinski definition) is 5. The minimum atomic E-state index is -0.362. The molecule has 3 aromatic rings. The van der Waals surface area contributed by atoms with Crippen molar-refractivity contribution in [1.29, 1.82) is 0 Å². The van der Waals surface area contributed by atoms with Gasteiger partial charge in [0.25, 0.3) is 5.91 Å². The van der Waals surface area contributed by atoms with Crippen LogP contribution in [0.25, 0.3) is 0 Å². The summed E-state index contributed by atoms with van der Waals surface area (Å²) in [5.74, 6) is 0.107. The molecule has 0 aliphatic carbocycles. The quantitative estimate of drug-likeness (QED) is 0.625. The van der Waals surface area contributed by atoms with Gasteiger partial charge < -0.3 is 15.4 Å². The Kier molecular flexibility index (Phi) is 6.46. The third-order valence-electron chi connectivity index (χ3n) is 4.79. The van der Waals surface area contributed by atoms with Gasteiger partial charge in [-0.05, 0) is 69.2 Å². The summed E-state index contributed by atoms with van der Waals surface area (Å²) in [6.07, 6.45) is 0. The van der Waals surface area contributed by atoms with Crippen LogP contribution in [0.15, 0.2) is 42.5 Å². The number of benzene rings is 2. The van der Waals surface area contributed by atoms with Gasteiger partial charge in [-0.25, -0.2) is 4.68 Å². The number of rotatable bonds is 7. The first-order valence-electron chi connectivity index (χ1n) is 9.69. The van der Waals surface area contributed by atoms with E-state index in [1.807, 2.05) is 39.0 Å². The molecule has 0 unspecified atom stereocenters. The molecule has 0 spiro atoms. The normalized spacial score (nSPS) is 10.5. The van der Waals surface area contributed by atoms with Crippen LogP contribution in [-0.2, 0) is 11.3 Å². The second-order valence-electron chi connectivity index (χ2n) is 6.89. The molecule has 1 heterocycles. The summed E-state index contributed by atoms with van der Waals surface area (Å²) in [5.41, 5.74) is 4.14. The Balaban J connectivity index is 1.65. The minimum Gasteiger partial charge on any atom is -0.494 e. The molecule has 2 amide bonds. The smallest absolute Gasteiger partial charge is 0.278 e. The summed E-state index contributed by atoms with van der Waals surface area (Å²) in [6, 6.07) is 12.8. The fourth-order valence-electron chi connectivity index (χ4n) is 2.93. The molecule has 0 fully saturated rings. The summed E-state index contributed by atoms with van der Waals surface area (Å²) in [5, 5.41) is 13.6. The average molecular weight is 407 g/mol. The lowest BCUT2D eigenvalue weighted by molar-refractivity contribution is -0.117. The van der Waals surface area contributed by atoms with Crippen LogP contribution < -0.4 is 15.4 Å². The highest BCUT2D eigenvalue weighted by Gasteiger charge is 2.19. The third-order valence-corrected chi connectivity index (χ3v) is 4.79. The van der Waals surface area contributed by atoms with Crippen LogP contribution in [-0.4, -0.2) is 33.4 Å². The largest absolute Gasteiger partial charge is 0.494 e. The molecule has 8 heteroatoms. The van der Waals surface area contributed by atoms with Gasteiger partial charge in [-0.2, -0.15) is 0 Å². The van der Waals surface area contributed by atoms with Gasteiger partial charge in [0.2, 0.25) is 5.91 Å². The first kappa shape index (κ1) is 21.0. The Labute approximate surface area is 175 Å². The molecule has 156 valence electrons. The van der Waals surface area contributed by atoms with Gasteiger partial charge in [0.1, 0.15) is 12.3 Å². The van der Waals surface area contributed by atoms with Gasteiger partial charge in [-0.3, -0.25) is 9.59 Å². The van der Waals surface area contributed by atoms with Crippen molar-refractivity contribution in [2.24, 2.45) is 0 Å². The Morgan fingerprint density at radius 3 is 2.47 bits per heavy atom. The molecule has 0 aliphatic rings. The fourth-order valence-corrected chi connectivity index (χ4v) is 2.93. The molecular weight excluding hydrogens is 382 g/mol. The first-order chi connectivity index (χ1) is 14.4. The highest BCUT2D eigenvalue weighted by atomic mass is 16.5. The molecule has 1 aromatic heterocycles. The van der Waals surface area contributed by atoms with Crippen LogP contribution in [0.5, 0.6) is 5.75 Å². The van der Waals surface area contributed by atoms with Crippen LogP contribution in [0.1, 0.15) is 34.2 Å². The van der Waals surface area contributed by atoms with Gasteiger partial charge in [-0.15, -0.1) is 5.10 Å².